The van der Waals surface area contributed by atoms with Gasteiger partial charge in [-0.15, -0.1) is 0 Å². The predicted octanol–water partition coefficient (Wildman–Crippen LogP) is 2.33. The lowest BCUT2D eigenvalue weighted by Crippen LogP contribution is -2.35. The number of carbonyl (C=O) groups is 1. The average molecular weight is 245 g/mol. The van der Waals surface area contributed by atoms with Crippen LogP contribution in [0.25, 0.3) is 0 Å². The molecule has 0 N–H and O–H groups in total. The van der Waals surface area contributed by atoms with Gasteiger partial charge in [0.1, 0.15) is 0 Å². The lowest BCUT2D eigenvalue weighted by atomic mass is 10.1. The third-order valence-corrected chi connectivity index (χ3v) is 4.16. The Morgan fingerprint density at radius 3 is 2.72 bits per heavy atom. The summed E-state index contributed by atoms with van der Waals surface area (Å²) in [6, 6.07) is 0.159. The molecule has 1 aliphatic heterocycles. The Labute approximate surface area is 107 Å². The van der Waals surface area contributed by atoms with Crippen LogP contribution in [0.15, 0.2) is 18.6 Å². The number of nitrogens with zero attached hydrogens (tertiary/aromatic N) is 3. The molecule has 0 bridgehead atoms. The van der Waals surface area contributed by atoms with Crippen molar-refractivity contribution in [2.24, 2.45) is 5.92 Å². The molecular formula is C14H19N3O. The summed E-state index contributed by atoms with van der Waals surface area (Å²) in [5.41, 5.74) is 0.946. The molecule has 1 saturated carbocycles. The number of hydrogen-bond donors (Lipinski definition) is 0. The highest BCUT2D eigenvalue weighted by Gasteiger charge is 2.35. The molecule has 2 fully saturated rings. The van der Waals surface area contributed by atoms with Crippen LogP contribution in [0.1, 0.15) is 50.3 Å². The maximum absolute atomic E-state index is 12.5. The predicted molar refractivity (Wildman–Crippen MR) is 67.7 cm³/mol. The topological polar surface area (TPSA) is 46.1 Å². The molecule has 96 valence electrons. The van der Waals surface area contributed by atoms with Gasteiger partial charge < -0.3 is 4.90 Å². The molecule has 4 heteroatoms. The van der Waals surface area contributed by atoms with E-state index in [0.717, 1.165) is 37.9 Å². The van der Waals surface area contributed by atoms with E-state index in [1.165, 1.54) is 12.8 Å². The fourth-order valence-corrected chi connectivity index (χ4v) is 3.23. The Morgan fingerprint density at radius 2 is 2.00 bits per heavy atom. The van der Waals surface area contributed by atoms with Gasteiger partial charge in [0.15, 0.2) is 0 Å². The molecular weight excluding hydrogens is 226 g/mol. The van der Waals surface area contributed by atoms with E-state index in [-0.39, 0.29) is 12.0 Å². The monoisotopic (exact) mass is 245 g/mol. The van der Waals surface area contributed by atoms with Crippen LogP contribution in [0.3, 0.4) is 0 Å². The van der Waals surface area contributed by atoms with Crippen molar-refractivity contribution in [1.82, 2.24) is 14.9 Å². The largest absolute Gasteiger partial charge is 0.334 e. The van der Waals surface area contributed by atoms with Crippen molar-refractivity contribution in [3.63, 3.8) is 0 Å². The van der Waals surface area contributed by atoms with E-state index in [1.807, 2.05) is 4.90 Å². The van der Waals surface area contributed by atoms with Crippen molar-refractivity contribution >= 4 is 5.91 Å². The summed E-state index contributed by atoms with van der Waals surface area (Å²) in [6.07, 6.45) is 11.9. The minimum absolute atomic E-state index is 0.159. The molecule has 1 atom stereocenters. The van der Waals surface area contributed by atoms with Crippen LogP contribution in [-0.2, 0) is 4.79 Å². The average Bonchev–Trinajstić information content (AvgIpc) is 3.10. The molecule has 2 heterocycles. The Hall–Kier alpha value is -1.45. The van der Waals surface area contributed by atoms with E-state index in [0.29, 0.717) is 5.91 Å². The van der Waals surface area contributed by atoms with Crippen molar-refractivity contribution in [2.45, 2.75) is 44.6 Å². The van der Waals surface area contributed by atoms with E-state index < -0.39 is 0 Å². The summed E-state index contributed by atoms with van der Waals surface area (Å²) in [5, 5.41) is 0. The highest BCUT2D eigenvalue weighted by Crippen LogP contribution is 2.35. The van der Waals surface area contributed by atoms with Crippen LogP contribution in [-0.4, -0.2) is 27.3 Å². The smallest absolute Gasteiger partial charge is 0.226 e. The lowest BCUT2D eigenvalue weighted by Gasteiger charge is -2.26. The second-order valence-electron chi connectivity index (χ2n) is 5.30. The fourth-order valence-electron chi connectivity index (χ4n) is 3.23. The highest BCUT2D eigenvalue weighted by molar-refractivity contribution is 5.79. The SMILES string of the molecule is O=C(C1CCCC1)N1CCCC1c1cnccn1. The maximum Gasteiger partial charge on any atom is 0.226 e. The second kappa shape index (κ2) is 5.04. The van der Waals surface area contributed by atoms with Crippen LogP contribution in [0.5, 0.6) is 0 Å². The molecule has 18 heavy (non-hydrogen) atoms. The molecule has 0 radical (unpaired) electrons. The van der Waals surface area contributed by atoms with Crippen molar-refractivity contribution < 1.29 is 4.79 Å². The van der Waals surface area contributed by atoms with Crippen molar-refractivity contribution in [3.05, 3.63) is 24.3 Å². The number of hydrogen-bond acceptors (Lipinski definition) is 3. The normalized spacial score (nSPS) is 24.7. The standard InChI is InChI=1S/C14H19N3O/c18-14(11-4-1-2-5-11)17-9-3-6-13(17)12-10-15-7-8-16-12/h7-8,10-11,13H,1-6,9H2. The Balaban J connectivity index is 1.77. The summed E-state index contributed by atoms with van der Waals surface area (Å²) in [6.45, 7) is 0.885. The van der Waals surface area contributed by atoms with Gasteiger partial charge in [-0.2, -0.15) is 0 Å². The molecule has 0 aromatic carbocycles. The molecule has 4 nitrogen and oxygen atoms in total. The maximum atomic E-state index is 12.5. The summed E-state index contributed by atoms with van der Waals surface area (Å²) >= 11 is 0. The van der Waals surface area contributed by atoms with E-state index in [4.69, 9.17) is 0 Å². The van der Waals surface area contributed by atoms with Crippen LogP contribution >= 0.6 is 0 Å². The number of rotatable bonds is 2. The summed E-state index contributed by atoms with van der Waals surface area (Å²) < 4.78 is 0. The third kappa shape index (κ3) is 2.11. The van der Waals surface area contributed by atoms with Crippen LogP contribution in [0.4, 0.5) is 0 Å². The molecule has 0 spiro atoms. The van der Waals surface area contributed by atoms with Gasteiger partial charge in [-0.1, -0.05) is 12.8 Å². The minimum atomic E-state index is 0.159. The molecule has 2 aliphatic rings. The van der Waals surface area contributed by atoms with Gasteiger partial charge in [-0.3, -0.25) is 14.8 Å². The van der Waals surface area contributed by atoms with E-state index in [2.05, 4.69) is 9.97 Å². The molecule has 1 aromatic heterocycles. The first kappa shape index (κ1) is 11.6. The van der Waals surface area contributed by atoms with Gasteiger partial charge in [-0.05, 0) is 25.7 Å². The molecule has 1 unspecified atom stereocenters. The summed E-state index contributed by atoms with van der Waals surface area (Å²) in [4.78, 5) is 23.0. The molecule has 1 amide bonds. The number of carbonyl (C=O) groups excluding carboxylic acids is 1. The summed E-state index contributed by atoms with van der Waals surface area (Å²) in [7, 11) is 0. The Bertz CT molecular complexity index is 414. The molecule has 3 rings (SSSR count). The highest BCUT2D eigenvalue weighted by atomic mass is 16.2. The zero-order valence-corrected chi connectivity index (χ0v) is 10.6. The van der Waals surface area contributed by atoms with Gasteiger partial charge in [0.2, 0.25) is 5.91 Å². The minimum Gasteiger partial charge on any atom is -0.334 e. The zero-order chi connectivity index (χ0) is 12.4. The van der Waals surface area contributed by atoms with Gasteiger partial charge in [0.05, 0.1) is 17.9 Å². The number of likely N-dealkylation sites (tertiary alicyclic amines) is 1. The summed E-state index contributed by atoms with van der Waals surface area (Å²) in [5.74, 6) is 0.614. The van der Waals surface area contributed by atoms with Crippen molar-refractivity contribution in [3.8, 4) is 0 Å². The first-order chi connectivity index (χ1) is 8.86. The van der Waals surface area contributed by atoms with Gasteiger partial charge >= 0.3 is 0 Å². The Morgan fingerprint density at radius 1 is 1.17 bits per heavy atom. The van der Waals surface area contributed by atoms with Crippen molar-refractivity contribution in [1.29, 1.82) is 0 Å². The quantitative estimate of drug-likeness (QED) is 0.803. The fraction of sp³-hybridized carbons (Fsp3) is 0.643. The molecule has 1 aliphatic carbocycles. The van der Waals surface area contributed by atoms with Gasteiger partial charge in [-0.25, -0.2) is 0 Å². The van der Waals surface area contributed by atoms with E-state index >= 15 is 0 Å². The van der Waals surface area contributed by atoms with Crippen LogP contribution in [0.2, 0.25) is 0 Å². The first-order valence-corrected chi connectivity index (χ1v) is 6.92. The second-order valence-corrected chi connectivity index (χ2v) is 5.30. The van der Waals surface area contributed by atoms with E-state index in [9.17, 15) is 4.79 Å². The van der Waals surface area contributed by atoms with Gasteiger partial charge in [0.25, 0.3) is 0 Å². The number of aromatic nitrogens is 2. The van der Waals surface area contributed by atoms with Crippen LogP contribution < -0.4 is 0 Å². The van der Waals surface area contributed by atoms with E-state index in [1.54, 1.807) is 18.6 Å². The Kier molecular flexibility index (Phi) is 3.26. The molecule has 1 aromatic rings. The third-order valence-electron chi connectivity index (χ3n) is 4.16. The van der Waals surface area contributed by atoms with Crippen LogP contribution in [0, 0.1) is 5.92 Å². The van der Waals surface area contributed by atoms with Crippen molar-refractivity contribution in [2.75, 3.05) is 6.54 Å². The first-order valence-electron chi connectivity index (χ1n) is 6.92. The zero-order valence-electron chi connectivity index (χ0n) is 10.6. The lowest BCUT2D eigenvalue weighted by molar-refractivity contribution is -0.136. The van der Waals surface area contributed by atoms with Gasteiger partial charge in [0, 0.05) is 24.9 Å². The molecule has 1 saturated heterocycles. The number of amides is 1.